The molecule has 2 rings (SSSR count). The monoisotopic (exact) mass is 294 g/mol. The Kier molecular flexibility index (Phi) is 4.93. The molecule has 0 radical (unpaired) electrons. The van der Waals surface area contributed by atoms with Gasteiger partial charge >= 0.3 is 0 Å². The van der Waals surface area contributed by atoms with Gasteiger partial charge in [-0.25, -0.2) is 0 Å². The molecule has 1 fully saturated rings. The maximum Gasteiger partial charge on any atom is 0.0328 e. The number of piperidine rings is 1. The highest BCUT2D eigenvalue weighted by atomic mass is 32.1. The molecule has 0 bridgehead atoms. The first-order chi connectivity index (χ1) is 9.23. The minimum absolute atomic E-state index is 0.197. The van der Waals surface area contributed by atoms with Crippen molar-refractivity contribution in [3.63, 3.8) is 0 Å². The molecular formula is C17H30N2S. The lowest BCUT2D eigenvalue weighted by Gasteiger charge is -2.36. The highest BCUT2D eigenvalue weighted by Crippen LogP contribution is 2.31. The fraction of sp³-hybridized carbons (Fsp3) is 0.765. The van der Waals surface area contributed by atoms with Gasteiger partial charge in [-0.15, -0.1) is 11.3 Å². The zero-order valence-corrected chi connectivity index (χ0v) is 14.6. The van der Waals surface area contributed by atoms with Crippen molar-refractivity contribution in [1.29, 1.82) is 0 Å². The molecule has 0 unspecified atom stereocenters. The van der Waals surface area contributed by atoms with Crippen molar-refractivity contribution >= 4 is 11.3 Å². The van der Waals surface area contributed by atoms with E-state index in [1.165, 1.54) is 35.7 Å². The average molecular weight is 295 g/mol. The normalized spacial score (nSPS) is 20.2. The molecule has 1 saturated heterocycles. The summed E-state index contributed by atoms with van der Waals surface area (Å²) in [6, 6.07) is 4.59. The molecular weight excluding hydrogens is 264 g/mol. The Labute approximate surface area is 128 Å². The second kappa shape index (κ2) is 6.17. The van der Waals surface area contributed by atoms with Crippen LogP contribution >= 0.6 is 11.3 Å². The summed E-state index contributed by atoms with van der Waals surface area (Å²) in [5, 5.41) is 3.56. The van der Waals surface area contributed by atoms with Crippen LogP contribution in [0.25, 0.3) is 0 Å². The van der Waals surface area contributed by atoms with E-state index < -0.39 is 0 Å². The van der Waals surface area contributed by atoms with Crippen molar-refractivity contribution in [3.8, 4) is 0 Å². The van der Waals surface area contributed by atoms with Crippen LogP contribution in [-0.2, 0) is 13.1 Å². The number of nitrogens with one attached hydrogen (secondary N) is 1. The number of hydrogen-bond acceptors (Lipinski definition) is 3. The summed E-state index contributed by atoms with van der Waals surface area (Å²) in [4.78, 5) is 5.57. The largest absolute Gasteiger partial charge is 0.307 e. The molecule has 2 heterocycles. The third-order valence-corrected chi connectivity index (χ3v) is 5.17. The molecule has 1 aromatic rings. The standard InChI is InChI=1S/C17H30N2S/c1-16(2,3)18-12-14-6-7-15(20-14)13-19-10-8-17(4,5)9-11-19/h6-7,18H,8-13H2,1-5H3. The molecule has 1 aliphatic rings. The predicted octanol–water partition coefficient (Wildman–Crippen LogP) is 4.26. The van der Waals surface area contributed by atoms with E-state index in [0.717, 1.165) is 13.1 Å². The van der Waals surface area contributed by atoms with Crippen LogP contribution in [-0.4, -0.2) is 23.5 Å². The van der Waals surface area contributed by atoms with E-state index in [1.54, 1.807) is 0 Å². The lowest BCUT2D eigenvalue weighted by molar-refractivity contribution is 0.128. The van der Waals surface area contributed by atoms with Gasteiger partial charge in [-0.3, -0.25) is 4.90 Å². The molecule has 20 heavy (non-hydrogen) atoms. The van der Waals surface area contributed by atoms with Gasteiger partial charge in [-0.1, -0.05) is 13.8 Å². The fourth-order valence-corrected chi connectivity index (χ4v) is 3.49. The first kappa shape index (κ1) is 16.0. The molecule has 0 atom stereocenters. The van der Waals surface area contributed by atoms with E-state index in [-0.39, 0.29) is 5.54 Å². The number of thiophene rings is 1. The summed E-state index contributed by atoms with van der Waals surface area (Å²) >= 11 is 1.96. The molecule has 1 N–H and O–H groups in total. The molecule has 0 aromatic carbocycles. The smallest absolute Gasteiger partial charge is 0.0328 e. The van der Waals surface area contributed by atoms with Gasteiger partial charge in [-0.2, -0.15) is 0 Å². The Morgan fingerprint density at radius 1 is 1.15 bits per heavy atom. The fourth-order valence-electron chi connectivity index (χ4n) is 2.49. The van der Waals surface area contributed by atoms with Crippen LogP contribution in [0.5, 0.6) is 0 Å². The molecule has 2 nitrogen and oxygen atoms in total. The van der Waals surface area contributed by atoms with Crippen molar-refractivity contribution in [2.45, 2.75) is 66.1 Å². The van der Waals surface area contributed by atoms with Gasteiger partial charge in [-0.05, 0) is 64.3 Å². The van der Waals surface area contributed by atoms with Gasteiger partial charge in [0.05, 0.1) is 0 Å². The van der Waals surface area contributed by atoms with Crippen molar-refractivity contribution in [2.75, 3.05) is 13.1 Å². The zero-order chi connectivity index (χ0) is 14.8. The quantitative estimate of drug-likeness (QED) is 0.892. The van der Waals surface area contributed by atoms with Crippen LogP contribution in [0.15, 0.2) is 12.1 Å². The summed E-state index contributed by atoms with van der Waals surface area (Å²) < 4.78 is 0. The van der Waals surface area contributed by atoms with E-state index in [9.17, 15) is 0 Å². The number of likely N-dealkylation sites (tertiary alicyclic amines) is 1. The molecule has 0 amide bonds. The Morgan fingerprint density at radius 2 is 1.75 bits per heavy atom. The second-order valence-corrected chi connectivity index (χ2v) is 9.16. The second-order valence-electron chi connectivity index (χ2n) is 7.91. The van der Waals surface area contributed by atoms with Gasteiger partial charge in [0, 0.05) is 28.4 Å². The van der Waals surface area contributed by atoms with Gasteiger partial charge < -0.3 is 5.32 Å². The average Bonchev–Trinajstić information content (AvgIpc) is 2.76. The van der Waals surface area contributed by atoms with Crippen LogP contribution < -0.4 is 5.32 Å². The summed E-state index contributed by atoms with van der Waals surface area (Å²) in [6.07, 6.45) is 2.66. The van der Waals surface area contributed by atoms with Gasteiger partial charge in [0.1, 0.15) is 0 Å². The lowest BCUT2D eigenvalue weighted by Crippen LogP contribution is -2.36. The third-order valence-electron chi connectivity index (χ3n) is 4.10. The highest BCUT2D eigenvalue weighted by Gasteiger charge is 2.25. The SMILES string of the molecule is CC1(C)CCN(Cc2ccc(CNC(C)(C)C)s2)CC1. The maximum absolute atomic E-state index is 3.56. The Balaban J connectivity index is 1.81. The minimum Gasteiger partial charge on any atom is -0.307 e. The minimum atomic E-state index is 0.197. The lowest BCUT2D eigenvalue weighted by atomic mass is 9.83. The summed E-state index contributed by atoms with van der Waals surface area (Å²) in [5.41, 5.74) is 0.746. The Hall–Kier alpha value is -0.380. The third kappa shape index (κ3) is 5.19. The van der Waals surface area contributed by atoms with Crippen LogP contribution in [0.3, 0.4) is 0 Å². The first-order valence-electron chi connectivity index (χ1n) is 7.79. The zero-order valence-electron chi connectivity index (χ0n) is 13.8. The predicted molar refractivity (Wildman–Crippen MR) is 89.2 cm³/mol. The van der Waals surface area contributed by atoms with Crippen LogP contribution in [0.1, 0.15) is 57.2 Å². The van der Waals surface area contributed by atoms with Gasteiger partial charge in [0.25, 0.3) is 0 Å². The van der Waals surface area contributed by atoms with E-state index in [1.807, 2.05) is 11.3 Å². The molecule has 1 aliphatic heterocycles. The van der Waals surface area contributed by atoms with Gasteiger partial charge in [0.15, 0.2) is 0 Å². The van der Waals surface area contributed by atoms with Crippen molar-refractivity contribution in [2.24, 2.45) is 5.41 Å². The Bertz CT molecular complexity index is 418. The van der Waals surface area contributed by atoms with E-state index in [4.69, 9.17) is 0 Å². The summed E-state index contributed by atoms with van der Waals surface area (Å²) in [6.45, 7) is 16.1. The van der Waals surface area contributed by atoms with Crippen LogP contribution in [0, 0.1) is 5.41 Å². The van der Waals surface area contributed by atoms with Crippen LogP contribution in [0.4, 0.5) is 0 Å². The van der Waals surface area contributed by atoms with Crippen molar-refractivity contribution in [1.82, 2.24) is 10.2 Å². The number of hydrogen-bond donors (Lipinski definition) is 1. The Morgan fingerprint density at radius 3 is 2.35 bits per heavy atom. The molecule has 114 valence electrons. The maximum atomic E-state index is 3.56. The molecule has 1 aromatic heterocycles. The van der Waals surface area contributed by atoms with E-state index >= 15 is 0 Å². The first-order valence-corrected chi connectivity index (χ1v) is 8.60. The molecule has 0 saturated carbocycles. The molecule has 3 heteroatoms. The highest BCUT2D eigenvalue weighted by molar-refractivity contribution is 7.11. The number of rotatable bonds is 4. The number of nitrogens with zero attached hydrogens (tertiary/aromatic N) is 1. The topological polar surface area (TPSA) is 15.3 Å². The van der Waals surface area contributed by atoms with E-state index in [2.05, 4.69) is 57.0 Å². The summed E-state index contributed by atoms with van der Waals surface area (Å²) in [5.74, 6) is 0. The van der Waals surface area contributed by atoms with Gasteiger partial charge in [0.2, 0.25) is 0 Å². The molecule has 0 spiro atoms. The van der Waals surface area contributed by atoms with Crippen molar-refractivity contribution < 1.29 is 0 Å². The molecule has 0 aliphatic carbocycles. The van der Waals surface area contributed by atoms with Crippen LogP contribution in [0.2, 0.25) is 0 Å². The summed E-state index contributed by atoms with van der Waals surface area (Å²) in [7, 11) is 0. The van der Waals surface area contributed by atoms with E-state index in [0.29, 0.717) is 5.41 Å². The van der Waals surface area contributed by atoms with Crippen molar-refractivity contribution in [3.05, 3.63) is 21.9 Å².